The number of carbonyl (C=O) groups is 2. The predicted molar refractivity (Wildman–Crippen MR) is 106 cm³/mol. The number of Topliss-reactive ketones (excluding diaryl/α,β-unsaturated/α-hetero) is 2. The number of aryl methyl sites for hydroxylation is 1. The van der Waals surface area contributed by atoms with Crippen molar-refractivity contribution in [1.29, 1.82) is 0 Å². The lowest BCUT2D eigenvalue weighted by Crippen LogP contribution is -2.01. The fraction of sp³-hybridized carbons (Fsp3) is 0.0909. The molecule has 0 atom stereocenters. The van der Waals surface area contributed by atoms with Gasteiger partial charge in [-0.2, -0.15) is 0 Å². The first-order valence-corrected chi connectivity index (χ1v) is 9.11. The molecule has 1 aliphatic rings. The second kappa shape index (κ2) is 6.22. The van der Waals surface area contributed by atoms with Gasteiger partial charge in [0, 0.05) is 32.7 Å². The van der Waals surface area contributed by atoms with Crippen LogP contribution in [0.2, 0.25) is 0 Å². The van der Waals surface area contributed by atoms with E-state index in [9.17, 15) is 9.59 Å². The topological polar surface area (TPSA) is 39.1 Å². The van der Waals surface area contributed by atoms with Gasteiger partial charge in [-0.3, -0.25) is 9.59 Å². The van der Waals surface area contributed by atoms with Crippen LogP contribution in [0.4, 0.5) is 0 Å². The van der Waals surface area contributed by atoms with Crippen LogP contribution in [-0.4, -0.2) is 16.1 Å². The molecule has 0 N–H and O–H groups in total. The summed E-state index contributed by atoms with van der Waals surface area (Å²) < 4.78 is 3.12. The summed E-state index contributed by atoms with van der Waals surface area (Å²) in [6, 6.07) is 17.0. The number of hydrogen-bond donors (Lipinski definition) is 0. The summed E-state index contributed by atoms with van der Waals surface area (Å²) in [4.78, 5) is 25.3. The third-order valence-corrected chi connectivity index (χ3v) is 5.24. The summed E-state index contributed by atoms with van der Waals surface area (Å²) in [5.74, 6) is -0.393. The zero-order valence-corrected chi connectivity index (χ0v) is 16.0. The van der Waals surface area contributed by atoms with E-state index in [0.717, 1.165) is 27.1 Å². The molecule has 0 spiro atoms. The molecule has 0 radical (unpaired) electrons. The van der Waals surface area contributed by atoms with Gasteiger partial charge in [0.25, 0.3) is 0 Å². The molecule has 1 heterocycles. The fourth-order valence-corrected chi connectivity index (χ4v) is 3.89. The van der Waals surface area contributed by atoms with Gasteiger partial charge in [0.1, 0.15) is 0 Å². The van der Waals surface area contributed by atoms with Crippen LogP contribution in [0, 0.1) is 13.8 Å². The third-order valence-electron chi connectivity index (χ3n) is 4.74. The molecule has 3 aromatic rings. The van der Waals surface area contributed by atoms with E-state index in [1.807, 2.05) is 44.2 Å². The molecule has 128 valence electrons. The fourth-order valence-electron chi connectivity index (χ4n) is 3.51. The van der Waals surface area contributed by atoms with E-state index < -0.39 is 0 Å². The maximum Gasteiger partial charge on any atom is 0.197 e. The normalized spacial score (nSPS) is 13.3. The Bertz CT molecular complexity index is 1070. The number of aromatic nitrogens is 1. The van der Waals surface area contributed by atoms with E-state index >= 15 is 0 Å². The highest BCUT2D eigenvalue weighted by Gasteiger charge is 2.32. The number of carbonyl (C=O) groups excluding carboxylic acids is 2. The van der Waals surface area contributed by atoms with E-state index in [1.54, 1.807) is 30.3 Å². The van der Waals surface area contributed by atoms with Crippen LogP contribution < -0.4 is 0 Å². The molecule has 2 aromatic carbocycles. The van der Waals surface area contributed by atoms with Gasteiger partial charge >= 0.3 is 0 Å². The van der Waals surface area contributed by atoms with E-state index in [1.165, 1.54) is 0 Å². The van der Waals surface area contributed by atoms with Crippen molar-refractivity contribution in [3.8, 4) is 5.69 Å². The average Bonchev–Trinajstić information content (AvgIpc) is 3.04. The Balaban J connectivity index is 1.82. The van der Waals surface area contributed by atoms with E-state index in [0.29, 0.717) is 11.1 Å². The molecule has 3 nitrogen and oxygen atoms in total. The SMILES string of the molecule is Cc1cc(C=C2C(=O)c3ccccc3C2=O)c(C)n1-c1cccc(Br)c1. The van der Waals surface area contributed by atoms with E-state index in [2.05, 4.69) is 20.5 Å². The van der Waals surface area contributed by atoms with Crippen LogP contribution >= 0.6 is 15.9 Å². The highest BCUT2D eigenvalue weighted by atomic mass is 79.9. The van der Waals surface area contributed by atoms with Crippen molar-refractivity contribution >= 4 is 33.6 Å². The molecule has 0 saturated carbocycles. The largest absolute Gasteiger partial charge is 0.318 e. The Morgan fingerprint density at radius 2 is 1.54 bits per heavy atom. The molecule has 26 heavy (non-hydrogen) atoms. The smallest absolute Gasteiger partial charge is 0.197 e. The van der Waals surface area contributed by atoms with Crippen molar-refractivity contribution in [2.24, 2.45) is 0 Å². The summed E-state index contributed by atoms with van der Waals surface area (Å²) in [6.07, 6.45) is 1.72. The standard InChI is InChI=1S/C22H16BrNO2/c1-13-10-15(14(2)24(13)17-7-5-6-16(23)12-17)11-20-21(25)18-8-3-4-9-19(18)22(20)26/h3-12H,1-2H3. The van der Waals surface area contributed by atoms with Crippen molar-refractivity contribution in [3.63, 3.8) is 0 Å². The minimum absolute atomic E-state index is 0.196. The second-order valence-corrected chi connectivity index (χ2v) is 7.32. The van der Waals surface area contributed by atoms with E-state index in [-0.39, 0.29) is 17.1 Å². The summed E-state index contributed by atoms with van der Waals surface area (Å²) in [5.41, 5.74) is 5.17. The van der Waals surface area contributed by atoms with Crippen LogP contribution in [0.15, 0.2) is 64.6 Å². The summed E-state index contributed by atoms with van der Waals surface area (Å²) >= 11 is 3.50. The first kappa shape index (κ1) is 16.7. The van der Waals surface area contributed by atoms with Crippen molar-refractivity contribution in [1.82, 2.24) is 4.57 Å². The highest BCUT2D eigenvalue weighted by Crippen LogP contribution is 2.30. The molecule has 0 amide bonds. The molecule has 4 rings (SSSR count). The molecule has 0 saturated heterocycles. The van der Waals surface area contributed by atoms with Gasteiger partial charge in [-0.1, -0.05) is 46.3 Å². The minimum atomic E-state index is -0.196. The Labute approximate surface area is 160 Å². The molecule has 0 aliphatic heterocycles. The third kappa shape index (κ3) is 2.58. The number of nitrogens with zero attached hydrogens (tertiary/aromatic N) is 1. The van der Waals surface area contributed by atoms with Gasteiger partial charge in [0.15, 0.2) is 11.6 Å². The Hall–Kier alpha value is -2.72. The van der Waals surface area contributed by atoms with Gasteiger partial charge in [-0.05, 0) is 49.8 Å². The summed E-state index contributed by atoms with van der Waals surface area (Å²) in [7, 11) is 0. The number of fused-ring (bicyclic) bond motifs is 1. The van der Waals surface area contributed by atoms with Gasteiger partial charge in [0.2, 0.25) is 0 Å². The monoisotopic (exact) mass is 405 g/mol. The van der Waals surface area contributed by atoms with Crippen LogP contribution in [0.3, 0.4) is 0 Å². The van der Waals surface area contributed by atoms with Crippen LogP contribution in [0.1, 0.15) is 37.7 Å². The van der Waals surface area contributed by atoms with Gasteiger partial charge in [-0.25, -0.2) is 0 Å². The van der Waals surface area contributed by atoms with Gasteiger partial charge in [-0.15, -0.1) is 0 Å². The Morgan fingerprint density at radius 1 is 0.885 bits per heavy atom. The van der Waals surface area contributed by atoms with Crippen molar-refractivity contribution in [2.45, 2.75) is 13.8 Å². The lowest BCUT2D eigenvalue weighted by atomic mass is 10.1. The Kier molecular flexibility index (Phi) is 4.00. The summed E-state index contributed by atoms with van der Waals surface area (Å²) in [6.45, 7) is 4.01. The zero-order chi connectivity index (χ0) is 18.4. The zero-order valence-electron chi connectivity index (χ0n) is 14.4. The highest BCUT2D eigenvalue weighted by molar-refractivity contribution is 9.10. The molecule has 0 bridgehead atoms. The number of benzene rings is 2. The van der Waals surface area contributed by atoms with E-state index in [4.69, 9.17) is 0 Å². The molecular weight excluding hydrogens is 390 g/mol. The second-order valence-electron chi connectivity index (χ2n) is 6.40. The van der Waals surface area contributed by atoms with Crippen LogP contribution in [0.5, 0.6) is 0 Å². The molecule has 0 fully saturated rings. The number of rotatable bonds is 2. The number of hydrogen-bond acceptors (Lipinski definition) is 2. The number of halogens is 1. The maximum absolute atomic E-state index is 12.6. The number of ketones is 2. The average molecular weight is 406 g/mol. The first-order chi connectivity index (χ1) is 12.5. The predicted octanol–water partition coefficient (Wildman–Crippen LogP) is 5.32. The van der Waals surface area contributed by atoms with Crippen molar-refractivity contribution < 1.29 is 9.59 Å². The number of allylic oxidation sites excluding steroid dienone is 1. The minimum Gasteiger partial charge on any atom is -0.318 e. The first-order valence-electron chi connectivity index (χ1n) is 8.32. The quantitative estimate of drug-likeness (QED) is 0.427. The summed E-state index contributed by atoms with van der Waals surface area (Å²) in [5, 5.41) is 0. The van der Waals surface area contributed by atoms with Crippen LogP contribution in [-0.2, 0) is 0 Å². The molecular formula is C22H16BrNO2. The lowest BCUT2D eigenvalue weighted by molar-refractivity contribution is 0.0990. The van der Waals surface area contributed by atoms with Gasteiger partial charge < -0.3 is 4.57 Å². The molecule has 4 heteroatoms. The molecule has 0 unspecified atom stereocenters. The van der Waals surface area contributed by atoms with Crippen LogP contribution in [0.25, 0.3) is 11.8 Å². The Morgan fingerprint density at radius 3 is 2.15 bits per heavy atom. The molecule has 1 aliphatic carbocycles. The van der Waals surface area contributed by atoms with Gasteiger partial charge in [0.05, 0.1) is 5.57 Å². The van der Waals surface area contributed by atoms with Crippen molar-refractivity contribution in [2.75, 3.05) is 0 Å². The molecule has 1 aromatic heterocycles. The van der Waals surface area contributed by atoms with Crippen molar-refractivity contribution in [3.05, 3.63) is 92.7 Å². The lowest BCUT2D eigenvalue weighted by Gasteiger charge is -2.10. The maximum atomic E-state index is 12.6.